The molecule has 0 fully saturated rings. The lowest BCUT2D eigenvalue weighted by molar-refractivity contribution is -0.124. The maximum Gasteiger partial charge on any atom is 0.249 e. The molecule has 2 aromatic rings. The second-order valence-electron chi connectivity index (χ2n) is 6.21. The number of aromatic nitrogens is 2. The summed E-state index contributed by atoms with van der Waals surface area (Å²) in [6, 6.07) is 6.22. The van der Waals surface area contributed by atoms with Gasteiger partial charge in [-0.05, 0) is 19.4 Å². The van der Waals surface area contributed by atoms with Crippen LogP contribution in [0.25, 0.3) is 11.4 Å². The van der Waals surface area contributed by atoms with Gasteiger partial charge in [-0.2, -0.15) is 9.29 Å². The van der Waals surface area contributed by atoms with Gasteiger partial charge in [0.1, 0.15) is 12.1 Å². The van der Waals surface area contributed by atoms with Gasteiger partial charge < -0.3 is 9.84 Å². The van der Waals surface area contributed by atoms with Crippen LogP contribution in [0.5, 0.6) is 0 Å². The van der Waals surface area contributed by atoms with Crippen LogP contribution < -0.4 is 5.32 Å². The molecule has 9 heteroatoms. The smallest absolute Gasteiger partial charge is 0.249 e. The van der Waals surface area contributed by atoms with Crippen LogP contribution in [0.2, 0.25) is 0 Å². The summed E-state index contributed by atoms with van der Waals surface area (Å²) < 4.78 is 29.9. The Labute approximate surface area is 151 Å². The predicted octanol–water partition coefficient (Wildman–Crippen LogP) is 1.42. The highest BCUT2D eigenvalue weighted by Crippen LogP contribution is 2.22. The highest BCUT2D eigenvalue weighted by Gasteiger charge is 2.34. The lowest BCUT2D eigenvalue weighted by Crippen LogP contribution is -2.46. The first-order valence-electron chi connectivity index (χ1n) is 8.11. The van der Waals surface area contributed by atoms with Crippen molar-refractivity contribution in [3.63, 3.8) is 0 Å². The second kappa shape index (κ2) is 7.00. The number of aryl methyl sites for hydroxylation is 1. The van der Waals surface area contributed by atoms with E-state index in [1.807, 2.05) is 31.2 Å². The predicted molar refractivity (Wildman–Crippen MR) is 95.5 cm³/mol. The van der Waals surface area contributed by atoms with Crippen molar-refractivity contribution < 1.29 is 17.7 Å². The fourth-order valence-electron chi connectivity index (χ4n) is 2.77. The number of carbonyl (C=O) groups excluding carboxylic acids is 1. The Balaban J connectivity index is 1.73. The Bertz CT molecular complexity index is 951. The van der Waals surface area contributed by atoms with Crippen molar-refractivity contribution in [3.8, 4) is 11.4 Å². The average Bonchev–Trinajstić information content (AvgIpc) is 3.24. The average molecular weight is 376 g/mol. The van der Waals surface area contributed by atoms with E-state index in [0.717, 1.165) is 21.7 Å². The molecule has 1 aromatic carbocycles. The van der Waals surface area contributed by atoms with E-state index in [-0.39, 0.29) is 12.4 Å². The third kappa shape index (κ3) is 3.68. The molecule has 1 aliphatic heterocycles. The zero-order valence-electron chi connectivity index (χ0n) is 14.7. The summed E-state index contributed by atoms with van der Waals surface area (Å²) in [4.78, 5) is 16.8. The van der Waals surface area contributed by atoms with E-state index >= 15 is 0 Å². The van der Waals surface area contributed by atoms with Gasteiger partial charge >= 0.3 is 0 Å². The summed E-state index contributed by atoms with van der Waals surface area (Å²) >= 11 is 0. The molecule has 8 nitrogen and oxygen atoms in total. The number of nitrogens with one attached hydrogen (secondary N) is 1. The van der Waals surface area contributed by atoms with Crippen LogP contribution in [0.4, 0.5) is 0 Å². The zero-order chi connectivity index (χ0) is 18.9. The summed E-state index contributed by atoms with van der Waals surface area (Å²) in [6.07, 6.45) is 4.30. The molecule has 0 aliphatic carbocycles. The molecular weight excluding hydrogens is 356 g/mol. The molecule has 138 valence electrons. The van der Waals surface area contributed by atoms with E-state index in [2.05, 4.69) is 15.5 Å². The zero-order valence-corrected chi connectivity index (χ0v) is 15.5. The Hall–Kier alpha value is -2.52. The van der Waals surface area contributed by atoms with Crippen molar-refractivity contribution in [2.75, 3.05) is 12.8 Å². The number of rotatable bonds is 5. The lowest BCUT2D eigenvalue weighted by Gasteiger charge is -2.22. The number of hydrogen-bond acceptors (Lipinski definition) is 6. The first kappa shape index (κ1) is 18.3. The lowest BCUT2D eigenvalue weighted by atomic mass is 10.1. The van der Waals surface area contributed by atoms with Crippen molar-refractivity contribution in [3.05, 3.63) is 47.9 Å². The van der Waals surface area contributed by atoms with Gasteiger partial charge in [0, 0.05) is 12.1 Å². The highest BCUT2D eigenvalue weighted by molar-refractivity contribution is 7.88. The first-order valence-corrected chi connectivity index (χ1v) is 9.95. The standard InChI is InChI=1S/C17H20N4O4S/c1-11-7-4-5-8-13(11)15-19-17(25-20-15)12(2)18-16(22)14-9-6-10-21(14)26(3,23)24/h4-9,12,14H,10H2,1-3H3,(H,18,22). The van der Waals surface area contributed by atoms with Gasteiger partial charge in [0.2, 0.25) is 27.6 Å². The van der Waals surface area contributed by atoms with Gasteiger partial charge in [0.05, 0.1) is 6.26 Å². The molecule has 2 atom stereocenters. The molecule has 0 radical (unpaired) electrons. The Morgan fingerprint density at radius 2 is 2.12 bits per heavy atom. The van der Waals surface area contributed by atoms with Crippen molar-refractivity contribution >= 4 is 15.9 Å². The molecule has 0 saturated carbocycles. The van der Waals surface area contributed by atoms with Gasteiger partial charge in [-0.25, -0.2) is 8.42 Å². The summed E-state index contributed by atoms with van der Waals surface area (Å²) in [5.74, 6) is 0.259. The van der Waals surface area contributed by atoms with E-state index in [9.17, 15) is 13.2 Å². The SMILES string of the molecule is Cc1ccccc1-c1noc(C(C)NC(=O)C2C=CCN2S(C)(=O)=O)n1. The third-order valence-corrected chi connectivity index (χ3v) is 5.39. The molecule has 1 amide bonds. The second-order valence-corrected chi connectivity index (χ2v) is 8.14. The minimum absolute atomic E-state index is 0.184. The van der Waals surface area contributed by atoms with E-state index in [1.165, 1.54) is 0 Å². The van der Waals surface area contributed by atoms with E-state index in [1.54, 1.807) is 19.1 Å². The number of sulfonamides is 1. The fourth-order valence-corrected chi connectivity index (χ4v) is 3.70. The minimum atomic E-state index is -3.48. The van der Waals surface area contributed by atoms with Crippen LogP contribution in [-0.2, 0) is 14.8 Å². The molecule has 1 aromatic heterocycles. The Kier molecular flexibility index (Phi) is 4.92. The van der Waals surface area contributed by atoms with Crippen molar-refractivity contribution in [1.29, 1.82) is 0 Å². The molecule has 3 rings (SSSR count). The Morgan fingerprint density at radius 3 is 2.81 bits per heavy atom. The normalized spacial score (nSPS) is 18.8. The molecule has 2 heterocycles. The summed E-state index contributed by atoms with van der Waals surface area (Å²) in [5.41, 5.74) is 1.86. The molecule has 26 heavy (non-hydrogen) atoms. The fraction of sp³-hybridized carbons (Fsp3) is 0.353. The van der Waals surface area contributed by atoms with Crippen LogP contribution in [0.15, 0.2) is 40.9 Å². The van der Waals surface area contributed by atoms with Crippen LogP contribution in [0, 0.1) is 6.92 Å². The van der Waals surface area contributed by atoms with Gasteiger partial charge in [0.15, 0.2) is 0 Å². The first-order chi connectivity index (χ1) is 12.3. The molecule has 2 unspecified atom stereocenters. The van der Waals surface area contributed by atoms with Crippen LogP contribution >= 0.6 is 0 Å². The van der Waals surface area contributed by atoms with Crippen molar-refractivity contribution in [2.45, 2.75) is 25.9 Å². The molecule has 1 aliphatic rings. The largest absolute Gasteiger partial charge is 0.343 e. The molecule has 0 bridgehead atoms. The molecule has 0 saturated heterocycles. The van der Waals surface area contributed by atoms with Gasteiger partial charge in [0.25, 0.3) is 0 Å². The van der Waals surface area contributed by atoms with Crippen LogP contribution in [-0.4, -0.2) is 47.6 Å². The summed E-state index contributed by atoms with van der Waals surface area (Å²) in [6.45, 7) is 3.84. The number of amides is 1. The molecular formula is C17H20N4O4S. The van der Waals surface area contributed by atoms with Gasteiger partial charge in [-0.1, -0.05) is 41.6 Å². The monoisotopic (exact) mass is 376 g/mol. The van der Waals surface area contributed by atoms with Crippen molar-refractivity contribution in [1.82, 2.24) is 19.8 Å². The number of carbonyl (C=O) groups is 1. The third-order valence-electron chi connectivity index (χ3n) is 4.17. The number of benzene rings is 1. The van der Waals surface area contributed by atoms with Crippen molar-refractivity contribution in [2.24, 2.45) is 0 Å². The Morgan fingerprint density at radius 1 is 1.38 bits per heavy atom. The topological polar surface area (TPSA) is 105 Å². The number of nitrogens with zero attached hydrogens (tertiary/aromatic N) is 3. The number of hydrogen-bond donors (Lipinski definition) is 1. The highest BCUT2D eigenvalue weighted by atomic mass is 32.2. The van der Waals surface area contributed by atoms with Gasteiger partial charge in [-0.15, -0.1) is 0 Å². The summed E-state index contributed by atoms with van der Waals surface area (Å²) in [5, 5.41) is 6.70. The molecule has 1 N–H and O–H groups in total. The summed E-state index contributed by atoms with van der Waals surface area (Å²) in [7, 11) is -3.48. The van der Waals surface area contributed by atoms with E-state index in [4.69, 9.17) is 4.52 Å². The maximum atomic E-state index is 12.5. The van der Waals surface area contributed by atoms with Gasteiger partial charge in [-0.3, -0.25) is 4.79 Å². The maximum absolute atomic E-state index is 12.5. The van der Waals surface area contributed by atoms with Crippen LogP contribution in [0.3, 0.4) is 0 Å². The molecule has 0 spiro atoms. The van der Waals surface area contributed by atoms with E-state index in [0.29, 0.717) is 5.82 Å². The van der Waals surface area contributed by atoms with E-state index < -0.39 is 28.0 Å². The minimum Gasteiger partial charge on any atom is -0.343 e. The van der Waals surface area contributed by atoms with Crippen LogP contribution in [0.1, 0.15) is 24.4 Å². The quantitative estimate of drug-likeness (QED) is 0.791.